The van der Waals surface area contributed by atoms with Crippen molar-refractivity contribution < 1.29 is 19.1 Å². The van der Waals surface area contributed by atoms with E-state index >= 15 is 0 Å². The van der Waals surface area contributed by atoms with Gasteiger partial charge in [0.15, 0.2) is 0 Å². The van der Waals surface area contributed by atoms with E-state index in [-0.39, 0.29) is 17.9 Å². The minimum Gasteiger partial charge on any atom is -0.465 e. The van der Waals surface area contributed by atoms with Gasteiger partial charge in [0.25, 0.3) is 5.91 Å². The highest BCUT2D eigenvalue weighted by Crippen LogP contribution is 2.46. The van der Waals surface area contributed by atoms with Crippen LogP contribution in [0.25, 0.3) is 0 Å². The van der Waals surface area contributed by atoms with E-state index < -0.39 is 17.9 Å². The molecule has 3 aromatic rings. The Kier molecular flexibility index (Phi) is 7.35. The van der Waals surface area contributed by atoms with Crippen molar-refractivity contribution in [3.05, 3.63) is 107 Å². The smallest absolute Gasteiger partial charge is 0.337 e. The van der Waals surface area contributed by atoms with E-state index in [1.54, 1.807) is 12.1 Å². The summed E-state index contributed by atoms with van der Waals surface area (Å²) >= 11 is 0. The Bertz CT molecular complexity index is 1270. The van der Waals surface area contributed by atoms with Gasteiger partial charge < -0.3 is 15.0 Å². The summed E-state index contributed by atoms with van der Waals surface area (Å²) in [6, 6.07) is 24.3. The third kappa shape index (κ3) is 5.01. The maximum atomic E-state index is 13.9. The normalized spacial score (nSPS) is 19.4. The molecule has 2 aliphatic rings. The van der Waals surface area contributed by atoms with Crippen LogP contribution in [0.15, 0.2) is 78.9 Å². The van der Waals surface area contributed by atoms with E-state index in [4.69, 9.17) is 4.74 Å². The average molecular weight is 497 g/mol. The van der Waals surface area contributed by atoms with Crippen LogP contribution in [0.1, 0.15) is 75.0 Å². The molecule has 2 atom stereocenters. The zero-order valence-corrected chi connectivity index (χ0v) is 21.1. The van der Waals surface area contributed by atoms with Gasteiger partial charge in [-0.2, -0.15) is 0 Å². The number of hydrogen-bond donors (Lipinski definition) is 1. The van der Waals surface area contributed by atoms with Crippen molar-refractivity contribution in [2.24, 2.45) is 0 Å². The molecule has 1 N–H and O–H groups in total. The molecule has 0 spiro atoms. The summed E-state index contributed by atoms with van der Waals surface area (Å²) in [5, 5.41) is 3.16. The molecule has 1 saturated carbocycles. The molecule has 0 aromatic heterocycles. The van der Waals surface area contributed by atoms with Crippen molar-refractivity contribution in [3.8, 4) is 0 Å². The first-order valence-electron chi connectivity index (χ1n) is 13.0. The summed E-state index contributed by atoms with van der Waals surface area (Å²) in [6.45, 7) is 0.507. The topological polar surface area (TPSA) is 75.7 Å². The molecule has 0 unspecified atom stereocenters. The summed E-state index contributed by atoms with van der Waals surface area (Å²) in [7, 11) is 1.35. The second kappa shape index (κ2) is 11.0. The molecule has 37 heavy (non-hydrogen) atoms. The Labute approximate surface area is 217 Å². The number of benzene rings is 3. The van der Waals surface area contributed by atoms with Crippen LogP contribution in [0, 0.1) is 0 Å². The van der Waals surface area contributed by atoms with Crippen LogP contribution in [0.4, 0.5) is 0 Å². The molecule has 6 nitrogen and oxygen atoms in total. The molecule has 6 heteroatoms. The Hall–Kier alpha value is -3.93. The number of esters is 1. The molecular weight excluding hydrogens is 464 g/mol. The highest BCUT2D eigenvalue weighted by Gasteiger charge is 2.46. The molecule has 0 saturated heterocycles. The highest BCUT2D eigenvalue weighted by atomic mass is 16.5. The number of rotatable bonds is 7. The lowest BCUT2D eigenvalue weighted by molar-refractivity contribution is -0.124. The van der Waals surface area contributed by atoms with E-state index in [2.05, 4.69) is 5.32 Å². The summed E-state index contributed by atoms with van der Waals surface area (Å²) in [6.07, 6.45) is 4.71. The van der Waals surface area contributed by atoms with E-state index in [1.165, 1.54) is 7.11 Å². The molecule has 190 valence electrons. The van der Waals surface area contributed by atoms with Gasteiger partial charge in [-0.3, -0.25) is 9.59 Å². The van der Waals surface area contributed by atoms with Gasteiger partial charge in [-0.1, -0.05) is 73.5 Å². The molecule has 2 amide bonds. The first kappa shape index (κ1) is 24.8. The summed E-state index contributed by atoms with van der Waals surface area (Å²) < 4.78 is 4.86. The van der Waals surface area contributed by atoms with Crippen LogP contribution in [0.3, 0.4) is 0 Å². The van der Waals surface area contributed by atoms with Gasteiger partial charge in [0.05, 0.1) is 24.6 Å². The first-order valence-corrected chi connectivity index (χ1v) is 13.0. The molecule has 1 fully saturated rings. The molecule has 1 heterocycles. The molecule has 3 aromatic carbocycles. The largest absolute Gasteiger partial charge is 0.465 e. The molecule has 1 aliphatic heterocycles. The second-order valence-corrected chi connectivity index (χ2v) is 9.80. The Balaban J connectivity index is 1.53. The summed E-state index contributed by atoms with van der Waals surface area (Å²) in [5.74, 6) is -1.10. The van der Waals surface area contributed by atoms with Gasteiger partial charge in [-0.05, 0) is 54.2 Å². The van der Waals surface area contributed by atoms with Crippen molar-refractivity contribution in [1.82, 2.24) is 10.2 Å². The van der Waals surface area contributed by atoms with Crippen molar-refractivity contribution in [1.29, 1.82) is 0 Å². The minimum absolute atomic E-state index is 0.0297. The number of amides is 2. The lowest BCUT2D eigenvalue weighted by Gasteiger charge is -2.45. The number of nitrogens with one attached hydrogen (secondary N) is 1. The molecular formula is C31H32N2O4. The Morgan fingerprint density at radius 2 is 1.59 bits per heavy atom. The number of methoxy groups -OCH3 is 1. The van der Waals surface area contributed by atoms with Crippen molar-refractivity contribution >= 4 is 17.8 Å². The van der Waals surface area contributed by atoms with Crippen LogP contribution in [0.2, 0.25) is 0 Å². The first-order chi connectivity index (χ1) is 18.1. The predicted octanol–water partition coefficient (Wildman–Crippen LogP) is 5.06. The van der Waals surface area contributed by atoms with E-state index in [9.17, 15) is 14.4 Å². The van der Waals surface area contributed by atoms with Gasteiger partial charge >= 0.3 is 5.97 Å². The third-order valence-electron chi connectivity index (χ3n) is 7.61. The lowest BCUT2D eigenvalue weighted by Crippen LogP contribution is -2.51. The second-order valence-electron chi connectivity index (χ2n) is 9.80. The number of nitrogens with zero attached hydrogens (tertiary/aromatic N) is 1. The van der Waals surface area contributed by atoms with E-state index in [0.717, 1.165) is 48.8 Å². The number of ether oxygens (including phenoxy) is 1. The zero-order chi connectivity index (χ0) is 25.8. The molecule has 1 aliphatic carbocycles. The summed E-state index contributed by atoms with van der Waals surface area (Å²) in [5.41, 5.74) is 3.78. The van der Waals surface area contributed by atoms with Crippen LogP contribution in [0.5, 0.6) is 0 Å². The maximum Gasteiger partial charge on any atom is 0.337 e. The monoisotopic (exact) mass is 496 g/mol. The van der Waals surface area contributed by atoms with Gasteiger partial charge in [-0.15, -0.1) is 0 Å². The van der Waals surface area contributed by atoms with Gasteiger partial charge in [-0.25, -0.2) is 4.79 Å². The van der Waals surface area contributed by atoms with Crippen molar-refractivity contribution in [2.45, 2.75) is 50.1 Å². The fourth-order valence-electron chi connectivity index (χ4n) is 5.79. The van der Waals surface area contributed by atoms with Crippen LogP contribution in [-0.2, 0) is 16.0 Å². The Morgan fingerprint density at radius 1 is 0.919 bits per heavy atom. The van der Waals surface area contributed by atoms with Gasteiger partial charge in [0.1, 0.15) is 0 Å². The van der Waals surface area contributed by atoms with Crippen LogP contribution in [-0.4, -0.2) is 42.4 Å². The molecule has 0 bridgehead atoms. The number of hydrogen-bond acceptors (Lipinski definition) is 4. The minimum atomic E-state index is -0.561. The fourth-order valence-corrected chi connectivity index (χ4v) is 5.79. The third-order valence-corrected chi connectivity index (χ3v) is 7.61. The summed E-state index contributed by atoms with van der Waals surface area (Å²) in [4.78, 5) is 41.8. The standard InChI is InChI=1S/C31H32N2O4/c1-37-31(36)23-17-15-22(16-18-23)28-27(29(34)32-20-19-21-9-3-2-4-10-21)25-13-7-8-14-26(25)30(35)33(28)24-11-5-6-12-24/h2-4,7-10,13-18,24,27-28H,5-6,11-12,19-20H2,1H3,(H,32,34)/t27-,28+/m1/s1. The fraction of sp³-hybridized carbons (Fsp3) is 0.323. The number of fused-ring (bicyclic) bond motifs is 1. The molecule has 0 radical (unpaired) electrons. The van der Waals surface area contributed by atoms with Crippen molar-refractivity contribution in [2.75, 3.05) is 13.7 Å². The zero-order valence-electron chi connectivity index (χ0n) is 21.1. The number of carbonyl (C=O) groups is 3. The average Bonchev–Trinajstić information content (AvgIpc) is 3.48. The van der Waals surface area contributed by atoms with Crippen LogP contribution < -0.4 is 5.32 Å². The van der Waals surface area contributed by atoms with Gasteiger partial charge in [0.2, 0.25) is 5.91 Å². The van der Waals surface area contributed by atoms with E-state index in [1.807, 2.05) is 71.6 Å². The highest BCUT2D eigenvalue weighted by molar-refractivity contribution is 6.01. The Morgan fingerprint density at radius 3 is 2.30 bits per heavy atom. The van der Waals surface area contributed by atoms with E-state index in [0.29, 0.717) is 17.7 Å². The SMILES string of the molecule is COC(=O)c1ccc([C@H]2[C@H](C(=O)NCCc3ccccc3)c3ccccc3C(=O)N2C2CCCC2)cc1. The number of carbonyl (C=O) groups excluding carboxylic acids is 3. The maximum absolute atomic E-state index is 13.9. The van der Waals surface area contributed by atoms with Crippen LogP contribution >= 0.6 is 0 Å². The van der Waals surface area contributed by atoms with Crippen molar-refractivity contribution in [3.63, 3.8) is 0 Å². The molecule has 5 rings (SSSR count). The predicted molar refractivity (Wildman–Crippen MR) is 141 cm³/mol. The quantitative estimate of drug-likeness (QED) is 0.464. The lowest BCUT2D eigenvalue weighted by atomic mass is 9.78. The van der Waals surface area contributed by atoms with Gasteiger partial charge in [0, 0.05) is 18.2 Å².